The molecule has 25 heavy (non-hydrogen) atoms. The molecule has 1 atom stereocenters. The Morgan fingerprint density at radius 3 is 2.64 bits per heavy atom. The number of pyridine rings is 1. The third-order valence-corrected chi connectivity index (χ3v) is 4.45. The van der Waals surface area contributed by atoms with E-state index in [1.165, 1.54) is 0 Å². The molecule has 130 valence electrons. The molecule has 3 rings (SSSR count). The van der Waals surface area contributed by atoms with Crippen molar-refractivity contribution in [1.29, 1.82) is 0 Å². The first-order valence-electron chi connectivity index (χ1n) is 8.64. The van der Waals surface area contributed by atoms with Crippen LogP contribution in [0.15, 0.2) is 54.9 Å². The lowest BCUT2D eigenvalue weighted by Gasteiger charge is -2.31. The molecule has 1 aliphatic heterocycles. The largest absolute Gasteiger partial charge is 0.465 e. The van der Waals surface area contributed by atoms with Crippen LogP contribution in [0.2, 0.25) is 0 Å². The molecule has 0 aliphatic carbocycles. The Labute approximate surface area is 147 Å². The molecule has 1 saturated heterocycles. The van der Waals surface area contributed by atoms with Crippen molar-refractivity contribution in [2.75, 3.05) is 19.7 Å². The minimum atomic E-state index is -0.240. The third-order valence-electron chi connectivity index (χ3n) is 4.45. The zero-order valence-electron chi connectivity index (χ0n) is 14.1. The lowest BCUT2D eigenvalue weighted by Crippen LogP contribution is -2.42. The molecule has 0 N–H and O–H groups in total. The van der Waals surface area contributed by atoms with Crippen LogP contribution in [0.4, 0.5) is 0 Å². The summed E-state index contributed by atoms with van der Waals surface area (Å²) in [6, 6.07) is 13.3. The lowest BCUT2D eigenvalue weighted by atomic mass is 9.97. The second-order valence-electron chi connectivity index (χ2n) is 6.23. The molecule has 1 aromatic heterocycles. The predicted molar refractivity (Wildman–Crippen MR) is 94.0 cm³/mol. The fourth-order valence-electron chi connectivity index (χ4n) is 3.06. The smallest absolute Gasteiger partial charge is 0.310 e. The van der Waals surface area contributed by atoms with Gasteiger partial charge >= 0.3 is 5.97 Å². The van der Waals surface area contributed by atoms with Gasteiger partial charge < -0.3 is 9.64 Å². The number of piperidine rings is 1. The SMILES string of the molecule is O=C(OCCc1ccccc1)C1CCCN(C(=O)c2ccncc2)C1. The number of carbonyl (C=O) groups excluding carboxylic acids is 2. The van der Waals surface area contributed by atoms with Crippen molar-refractivity contribution < 1.29 is 14.3 Å². The number of rotatable bonds is 5. The van der Waals surface area contributed by atoms with Crippen molar-refractivity contribution in [3.05, 3.63) is 66.0 Å². The Balaban J connectivity index is 1.50. The maximum atomic E-state index is 12.5. The van der Waals surface area contributed by atoms with E-state index in [1.807, 2.05) is 30.3 Å². The summed E-state index contributed by atoms with van der Waals surface area (Å²) in [5.41, 5.74) is 1.75. The molecule has 1 amide bonds. The molecule has 0 radical (unpaired) electrons. The fraction of sp³-hybridized carbons (Fsp3) is 0.350. The number of amides is 1. The van der Waals surface area contributed by atoms with E-state index in [-0.39, 0.29) is 17.8 Å². The van der Waals surface area contributed by atoms with Gasteiger partial charge in [-0.15, -0.1) is 0 Å². The topological polar surface area (TPSA) is 59.5 Å². The van der Waals surface area contributed by atoms with Crippen LogP contribution in [-0.2, 0) is 16.0 Å². The van der Waals surface area contributed by atoms with E-state index >= 15 is 0 Å². The number of hydrogen-bond acceptors (Lipinski definition) is 4. The van der Waals surface area contributed by atoms with E-state index in [2.05, 4.69) is 4.98 Å². The number of ether oxygens (including phenoxy) is 1. The van der Waals surface area contributed by atoms with Gasteiger partial charge in [0.2, 0.25) is 0 Å². The minimum absolute atomic E-state index is 0.0517. The van der Waals surface area contributed by atoms with Gasteiger partial charge in [-0.05, 0) is 30.5 Å². The van der Waals surface area contributed by atoms with Gasteiger partial charge in [-0.25, -0.2) is 0 Å². The monoisotopic (exact) mass is 338 g/mol. The highest BCUT2D eigenvalue weighted by Gasteiger charge is 2.29. The van der Waals surface area contributed by atoms with Crippen molar-refractivity contribution in [2.45, 2.75) is 19.3 Å². The Kier molecular flexibility index (Phi) is 5.77. The van der Waals surface area contributed by atoms with Crippen LogP contribution in [0.25, 0.3) is 0 Å². The van der Waals surface area contributed by atoms with E-state index in [0.29, 0.717) is 31.7 Å². The second-order valence-corrected chi connectivity index (χ2v) is 6.23. The first-order chi connectivity index (χ1) is 12.2. The van der Waals surface area contributed by atoms with Crippen molar-refractivity contribution in [1.82, 2.24) is 9.88 Å². The molecule has 0 bridgehead atoms. The van der Waals surface area contributed by atoms with Crippen LogP contribution in [-0.4, -0.2) is 41.5 Å². The molecule has 1 aliphatic rings. The number of benzene rings is 1. The number of nitrogens with zero attached hydrogens (tertiary/aromatic N) is 2. The van der Waals surface area contributed by atoms with Crippen molar-refractivity contribution >= 4 is 11.9 Å². The third kappa shape index (κ3) is 4.66. The number of aromatic nitrogens is 1. The Bertz CT molecular complexity index is 703. The van der Waals surface area contributed by atoms with Crippen LogP contribution in [0.5, 0.6) is 0 Å². The van der Waals surface area contributed by atoms with Gasteiger partial charge in [0.05, 0.1) is 12.5 Å². The van der Waals surface area contributed by atoms with Crippen molar-refractivity contribution in [3.8, 4) is 0 Å². The highest BCUT2D eigenvalue weighted by atomic mass is 16.5. The number of likely N-dealkylation sites (tertiary alicyclic amines) is 1. The van der Waals surface area contributed by atoms with Gasteiger partial charge in [0, 0.05) is 37.5 Å². The maximum Gasteiger partial charge on any atom is 0.310 e. The molecule has 0 spiro atoms. The fourth-order valence-corrected chi connectivity index (χ4v) is 3.06. The van der Waals surface area contributed by atoms with Gasteiger partial charge in [-0.1, -0.05) is 30.3 Å². The standard InChI is InChI=1S/C20H22N2O3/c23-19(17-8-11-21-12-9-17)22-13-4-7-18(15-22)20(24)25-14-10-16-5-2-1-3-6-16/h1-3,5-6,8-9,11-12,18H,4,7,10,13-15H2. The minimum Gasteiger partial charge on any atom is -0.465 e. The molecule has 5 heteroatoms. The second kappa shape index (κ2) is 8.42. The van der Waals surface area contributed by atoms with Crippen LogP contribution in [0.1, 0.15) is 28.8 Å². The molecule has 0 saturated carbocycles. The molecule has 2 heterocycles. The maximum absolute atomic E-state index is 12.5. The highest BCUT2D eigenvalue weighted by Crippen LogP contribution is 2.20. The van der Waals surface area contributed by atoms with Gasteiger partial charge in [-0.2, -0.15) is 0 Å². The Morgan fingerprint density at radius 2 is 1.88 bits per heavy atom. The molecular formula is C20H22N2O3. The van der Waals surface area contributed by atoms with Gasteiger partial charge in [0.25, 0.3) is 5.91 Å². The normalized spacial score (nSPS) is 17.1. The van der Waals surface area contributed by atoms with E-state index in [0.717, 1.165) is 18.4 Å². The first kappa shape index (κ1) is 17.1. The van der Waals surface area contributed by atoms with Gasteiger partial charge in [-0.3, -0.25) is 14.6 Å². The number of esters is 1. The summed E-state index contributed by atoms with van der Waals surface area (Å²) in [6.45, 7) is 1.47. The molecule has 5 nitrogen and oxygen atoms in total. The summed E-state index contributed by atoms with van der Waals surface area (Å²) in [6.07, 6.45) is 5.50. The number of hydrogen-bond donors (Lipinski definition) is 0. The highest BCUT2D eigenvalue weighted by molar-refractivity contribution is 5.94. The average Bonchev–Trinajstić information content (AvgIpc) is 2.69. The Morgan fingerprint density at radius 1 is 1.12 bits per heavy atom. The summed E-state index contributed by atoms with van der Waals surface area (Å²) in [4.78, 5) is 30.5. The predicted octanol–water partition coefficient (Wildman–Crippen LogP) is 2.72. The summed E-state index contributed by atoms with van der Waals surface area (Å²) >= 11 is 0. The van der Waals surface area contributed by atoms with Crippen LogP contribution in [0, 0.1) is 5.92 Å². The molecule has 2 aromatic rings. The zero-order valence-corrected chi connectivity index (χ0v) is 14.1. The summed E-state index contributed by atoms with van der Waals surface area (Å²) in [5, 5.41) is 0. The Hall–Kier alpha value is -2.69. The molecule has 1 unspecified atom stereocenters. The van der Waals surface area contributed by atoms with Gasteiger partial charge in [0.15, 0.2) is 0 Å². The summed E-state index contributed by atoms with van der Waals surface area (Å²) < 4.78 is 5.43. The van der Waals surface area contributed by atoms with Crippen LogP contribution >= 0.6 is 0 Å². The van der Waals surface area contributed by atoms with E-state index in [9.17, 15) is 9.59 Å². The first-order valence-corrected chi connectivity index (χ1v) is 8.64. The quantitative estimate of drug-likeness (QED) is 0.787. The molecule has 1 aromatic carbocycles. The number of carbonyl (C=O) groups is 2. The summed E-state index contributed by atoms with van der Waals surface area (Å²) in [7, 11) is 0. The summed E-state index contributed by atoms with van der Waals surface area (Å²) in [5.74, 6) is -0.498. The van der Waals surface area contributed by atoms with Crippen molar-refractivity contribution in [3.63, 3.8) is 0 Å². The zero-order chi connectivity index (χ0) is 17.5. The molecule has 1 fully saturated rings. The van der Waals surface area contributed by atoms with Crippen LogP contribution < -0.4 is 0 Å². The van der Waals surface area contributed by atoms with E-state index in [4.69, 9.17) is 4.74 Å². The van der Waals surface area contributed by atoms with E-state index < -0.39 is 0 Å². The van der Waals surface area contributed by atoms with Crippen molar-refractivity contribution in [2.24, 2.45) is 5.92 Å². The lowest BCUT2D eigenvalue weighted by molar-refractivity contribution is -0.149. The van der Waals surface area contributed by atoms with E-state index in [1.54, 1.807) is 29.4 Å². The molecular weight excluding hydrogens is 316 g/mol. The van der Waals surface area contributed by atoms with Crippen LogP contribution in [0.3, 0.4) is 0 Å². The average molecular weight is 338 g/mol. The van der Waals surface area contributed by atoms with Gasteiger partial charge in [0.1, 0.15) is 0 Å².